The van der Waals surface area contributed by atoms with Crippen LogP contribution in [0.25, 0.3) is 0 Å². The van der Waals surface area contributed by atoms with E-state index >= 15 is 0 Å². The molecule has 1 fully saturated rings. The Morgan fingerprint density at radius 3 is 2.64 bits per heavy atom. The summed E-state index contributed by atoms with van der Waals surface area (Å²) >= 11 is 0. The highest BCUT2D eigenvalue weighted by atomic mass is 16.3. The quantitative estimate of drug-likeness (QED) is 0.641. The lowest BCUT2D eigenvalue weighted by atomic mass is 10.1. The van der Waals surface area contributed by atoms with Crippen molar-refractivity contribution >= 4 is 0 Å². The van der Waals surface area contributed by atoms with Gasteiger partial charge in [0.05, 0.1) is 6.61 Å². The number of nitrogens with one attached hydrogen (secondary N) is 1. The highest BCUT2D eigenvalue weighted by Gasteiger charge is 2.14. The van der Waals surface area contributed by atoms with E-state index in [1.54, 1.807) is 0 Å². The average molecular weight is 157 g/mol. The smallest absolute Gasteiger partial charge is 0.0581 e. The molecule has 66 valence electrons. The Morgan fingerprint density at radius 1 is 1.45 bits per heavy atom. The summed E-state index contributed by atoms with van der Waals surface area (Å²) in [5, 5.41) is 12.1. The van der Waals surface area contributed by atoms with Gasteiger partial charge >= 0.3 is 0 Å². The first-order valence-electron chi connectivity index (χ1n) is 4.67. The molecule has 2 heteroatoms. The zero-order chi connectivity index (χ0) is 8.10. The Hall–Kier alpha value is -0.0800. The molecular weight excluding hydrogens is 138 g/mol. The van der Waals surface area contributed by atoms with Crippen molar-refractivity contribution in [2.24, 2.45) is 5.92 Å². The molecule has 0 spiro atoms. The number of aliphatic hydroxyl groups is 1. The molecule has 1 aliphatic rings. The van der Waals surface area contributed by atoms with Crippen molar-refractivity contribution in [1.29, 1.82) is 0 Å². The number of aliphatic hydroxyl groups excluding tert-OH is 1. The maximum Gasteiger partial charge on any atom is 0.0581 e. The lowest BCUT2D eigenvalue weighted by molar-refractivity contribution is 0.246. The predicted octanol–water partition coefficient (Wildman–Crippen LogP) is 1.15. The molecule has 2 nitrogen and oxygen atoms in total. The second kappa shape index (κ2) is 4.73. The van der Waals surface area contributed by atoms with Crippen molar-refractivity contribution in [3.05, 3.63) is 0 Å². The van der Waals surface area contributed by atoms with Crippen molar-refractivity contribution in [2.45, 2.75) is 38.6 Å². The minimum Gasteiger partial charge on any atom is -0.395 e. The van der Waals surface area contributed by atoms with Gasteiger partial charge in [-0.15, -0.1) is 0 Å². The zero-order valence-electron chi connectivity index (χ0n) is 7.34. The van der Waals surface area contributed by atoms with Crippen LogP contribution in [0, 0.1) is 5.92 Å². The molecular formula is C9H19NO. The molecule has 0 saturated heterocycles. The van der Waals surface area contributed by atoms with Crippen LogP contribution in [-0.2, 0) is 0 Å². The monoisotopic (exact) mass is 157 g/mol. The van der Waals surface area contributed by atoms with E-state index in [2.05, 4.69) is 5.32 Å². The summed E-state index contributed by atoms with van der Waals surface area (Å²) in [7, 11) is 0. The molecule has 0 heterocycles. The van der Waals surface area contributed by atoms with E-state index in [4.69, 9.17) is 5.11 Å². The molecule has 0 aromatic carbocycles. The molecule has 1 atom stereocenters. The lowest BCUT2D eigenvalue weighted by Gasteiger charge is -2.14. The Balaban J connectivity index is 2.01. The largest absolute Gasteiger partial charge is 0.395 e. The first kappa shape index (κ1) is 9.01. The summed E-state index contributed by atoms with van der Waals surface area (Å²) in [5.41, 5.74) is 0. The van der Waals surface area contributed by atoms with E-state index in [0.717, 1.165) is 12.5 Å². The molecule has 0 aromatic heterocycles. The van der Waals surface area contributed by atoms with E-state index < -0.39 is 0 Å². The molecule has 0 bridgehead atoms. The molecule has 1 aliphatic carbocycles. The Kier molecular flexibility index (Phi) is 3.87. The highest BCUT2D eigenvalue weighted by Crippen LogP contribution is 2.23. The minimum absolute atomic E-state index is 0.257. The Labute approximate surface area is 69.0 Å². The van der Waals surface area contributed by atoms with Gasteiger partial charge in [0.25, 0.3) is 0 Å². The molecule has 0 aromatic rings. The van der Waals surface area contributed by atoms with Gasteiger partial charge in [0.1, 0.15) is 0 Å². The van der Waals surface area contributed by atoms with Gasteiger partial charge in [-0.3, -0.25) is 0 Å². The molecule has 1 saturated carbocycles. The number of hydrogen-bond acceptors (Lipinski definition) is 2. The lowest BCUT2D eigenvalue weighted by Crippen LogP contribution is -2.32. The van der Waals surface area contributed by atoms with E-state index in [9.17, 15) is 0 Å². The molecule has 0 aliphatic heterocycles. The van der Waals surface area contributed by atoms with Crippen molar-refractivity contribution < 1.29 is 5.11 Å². The third-order valence-electron chi connectivity index (χ3n) is 2.50. The van der Waals surface area contributed by atoms with E-state index in [1.165, 1.54) is 25.7 Å². The van der Waals surface area contributed by atoms with Gasteiger partial charge in [-0.25, -0.2) is 0 Å². The van der Waals surface area contributed by atoms with Crippen LogP contribution in [0.3, 0.4) is 0 Å². The number of rotatable bonds is 4. The van der Waals surface area contributed by atoms with Gasteiger partial charge in [0, 0.05) is 6.04 Å². The van der Waals surface area contributed by atoms with E-state index in [1.807, 2.05) is 6.92 Å². The van der Waals surface area contributed by atoms with Crippen LogP contribution in [0.4, 0.5) is 0 Å². The van der Waals surface area contributed by atoms with Crippen LogP contribution < -0.4 is 5.32 Å². The maximum atomic E-state index is 8.75. The molecule has 2 N–H and O–H groups in total. The summed E-state index contributed by atoms with van der Waals surface area (Å²) in [5.74, 6) is 0.879. The molecule has 0 radical (unpaired) electrons. The van der Waals surface area contributed by atoms with Gasteiger partial charge in [0.15, 0.2) is 0 Å². The maximum absolute atomic E-state index is 8.75. The predicted molar refractivity (Wildman–Crippen MR) is 46.5 cm³/mol. The Bertz CT molecular complexity index is 99.7. The van der Waals surface area contributed by atoms with Gasteiger partial charge < -0.3 is 10.4 Å². The van der Waals surface area contributed by atoms with Gasteiger partial charge in [-0.05, 0) is 32.2 Å². The molecule has 0 unspecified atom stereocenters. The first-order chi connectivity index (χ1) is 5.33. The second-order valence-electron chi connectivity index (χ2n) is 3.64. The SMILES string of the molecule is C[C@@H](CO)NCC1CCCC1. The highest BCUT2D eigenvalue weighted by molar-refractivity contribution is 4.71. The van der Waals surface area contributed by atoms with Gasteiger partial charge in [0.2, 0.25) is 0 Å². The molecule has 11 heavy (non-hydrogen) atoms. The van der Waals surface area contributed by atoms with Gasteiger partial charge in [-0.1, -0.05) is 12.8 Å². The Morgan fingerprint density at radius 2 is 2.09 bits per heavy atom. The second-order valence-corrected chi connectivity index (χ2v) is 3.64. The van der Waals surface area contributed by atoms with Crippen molar-refractivity contribution in [3.8, 4) is 0 Å². The van der Waals surface area contributed by atoms with Crippen LogP contribution in [0.5, 0.6) is 0 Å². The third-order valence-corrected chi connectivity index (χ3v) is 2.50. The summed E-state index contributed by atoms with van der Waals surface area (Å²) in [6.45, 7) is 3.38. The van der Waals surface area contributed by atoms with E-state index in [-0.39, 0.29) is 12.6 Å². The third kappa shape index (κ3) is 3.21. The van der Waals surface area contributed by atoms with Crippen LogP contribution in [0.1, 0.15) is 32.6 Å². The summed E-state index contributed by atoms with van der Waals surface area (Å²) in [6.07, 6.45) is 5.57. The average Bonchev–Trinajstić information content (AvgIpc) is 2.52. The normalized spacial score (nSPS) is 22.4. The van der Waals surface area contributed by atoms with Crippen LogP contribution in [0.2, 0.25) is 0 Å². The minimum atomic E-state index is 0.257. The molecule has 1 rings (SSSR count). The van der Waals surface area contributed by atoms with Crippen molar-refractivity contribution in [1.82, 2.24) is 5.32 Å². The zero-order valence-corrected chi connectivity index (χ0v) is 7.34. The topological polar surface area (TPSA) is 32.3 Å². The first-order valence-corrected chi connectivity index (χ1v) is 4.67. The number of hydrogen-bond donors (Lipinski definition) is 2. The summed E-state index contributed by atoms with van der Waals surface area (Å²) in [6, 6.07) is 0.274. The van der Waals surface area contributed by atoms with Gasteiger partial charge in [-0.2, -0.15) is 0 Å². The summed E-state index contributed by atoms with van der Waals surface area (Å²) < 4.78 is 0. The standard InChI is InChI=1S/C9H19NO/c1-8(7-11)10-6-9-4-2-3-5-9/h8-11H,2-7H2,1H3/t8-/m0/s1. The van der Waals surface area contributed by atoms with Crippen LogP contribution >= 0.6 is 0 Å². The fraction of sp³-hybridized carbons (Fsp3) is 1.00. The summed E-state index contributed by atoms with van der Waals surface area (Å²) in [4.78, 5) is 0. The van der Waals surface area contributed by atoms with Crippen LogP contribution in [-0.4, -0.2) is 24.3 Å². The van der Waals surface area contributed by atoms with Crippen LogP contribution in [0.15, 0.2) is 0 Å². The van der Waals surface area contributed by atoms with Crippen molar-refractivity contribution in [2.75, 3.05) is 13.2 Å². The van der Waals surface area contributed by atoms with Crippen molar-refractivity contribution in [3.63, 3.8) is 0 Å². The van der Waals surface area contributed by atoms with E-state index in [0.29, 0.717) is 0 Å². The molecule has 0 amide bonds. The fourth-order valence-electron chi connectivity index (χ4n) is 1.65. The fourth-order valence-corrected chi connectivity index (χ4v) is 1.65.